The maximum atomic E-state index is 11.3. The maximum Gasteiger partial charge on any atom is 2.00 e. The van der Waals surface area contributed by atoms with Crippen LogP contribution in [0.5, 0.6) is 5.75 Å². The quantitative estimate of drug-likeness (QED) is 0.784. The molecule has 6 nitrogen and oxygen atoms in total. The first-order valence-corrected chi connectivity index (χ1v) is 7.13. The van der Waals surface area contributed by atoms with E-state index >= 15 is 0 Å². The van der Waals surface area contributed by atoms with Gasteiger partial charge in [-0.15, -0.1) is 5.69 Å². The first-order valence-electron chi connectivity index (χ1n) is 5.74. The Labute approximate surface area is 149 Å². The van der Waals surface area contributed by atoms with Gasteiger partial charge in [-0.25, -0.2) is 8.42 Å². The summed E-state index contributed by atoms with van der Waals surface area (Å²) in [5.41, 5.74) is 8.20. The second kappa shape index (κ2) is 6.09. The third-order valence-corrected chi connectivity index (χ3v) is 3.16. The Morgan fingerprint density at radius 1 is 1.35 bits per heavy atom. The van der Waals surface area contributed by atoms with Crippen LogP contribution in [0.25, 0.3) is 10.5 Å². The largest absolute Gasteiger partial charge is 2.00 e. The smallest absolute Gasteiger partial charge is 0.575 e. The van der Waals surface area contributed by atoms with Crippen LogP contribution in [0.1, 0.15) is 26.3 Å². The van der Waals surface area contributed by atoms with Crippen LogP contribution in [0.15, 0.2) is 22.6 Å². The molecule has 1 aromatic rings. The second-order valence-corrected chi connectivity index (χ2v) is 6.74. The van der Waals surface area contributed by atoms with E-state index in [0.717, 1.165) is 0 Å². The van der Waals surface area contributed by atoms with E-state index in [9.17, 15) is 8.42 Å². The zero-order chi connectivity index (χ0) is 14.3. The number of ether oxygens (including phenoxy) is 1. The summed E-state index contributed by atoms with van der Waals surface area (Å²) in [6, 6.07) is 4.86. The van der Waals surface area contributed by atoms with E-state index in [0.29, 0.717) is 17.9 Å². The van der Waals surface area contributed by atoms with Crippen LogP contribution in [0.2, 0.25) is 0 Å². The molecule has 0 unspecified atom stereocenters. The molecular formula is C12H15CaN3O3S. The number of hydrogen-bond donors (Lipinski definition) is 0. The Hall–Kier alpha value is -0.500. The summed E-state index contributed by atoms with van der Waals surface area (Å²) in [6.45, 7) is 6.51. The van der Waals surface area contributed by atoms with Gasteiger partial charge < -0.3 is 19.6 Å². The summed E-state index contributed by atoms with van der Waals surface area (Å²) in [6.07, 6.45) is 0. The van der Waals surface area contributed by atoms with Crippen molar-refractivity contribution in [2.45, 2.75) is 20.8 Å². The van der Waals surface area contributed by atoms with Crippen molar-refractivity contribution in [1.29, 1.82) is 0 Å². The van der Waals surface area contributed by atoms with Gasteiger partial charge in [-0.3, -0.25) is 0 Å². The Balaban J connectivity index is 0.00000200. The molecule has 0 saturated heterocycles. The summed E-state index contributed by atoms with van der Waals surface area (Å²) < 4.78 is 35.1. The van der Waals surface area contributed by atoms with Crippen molar-refractivity contribution < 1.29 is 13.2 Å². The summed E-state index contributed by atoms with van der Waals surface area (Å²) in [4.78, 5) is 0. The Kier molecular flexibility index (Phi) is 5.34. The third kappa shape index (κ3) is 4.25. The normalized spacial score (nSPS) is 16.2. The third-order valence-electron chi connectivity index (χ3n) is 2.32. The first kappa shape index (κ1) is 17.6. The van der Waals surface area contributed by atoms with Crippen molar-refractivity contribution in [2.24, 2.45) is 9.81 Å². The molecule has 0 aliphatic carbocycles. The molecule has 0 radical (unpaired) electrons. The molecule has 1 aliphatic rings. The van der Waals surface area contributed by atoms with Gasteiger partial charge in [0.25, 0.3) is 0 Å². The van der Waals surface area contributed by atoms with Crippen LogP contribution in [-0.4, -0.2) is 58.6 Å². The molecule has 1 aromatic carbocycles. The van der Waals surface area contributed by atoms with E-state index in [1.165, 1.54) is 6.07 Å². The van der Waals surface area contributed by atoms with Crippen LogP contribution in [0, 0.1) is 5.41 Å². The molecule has 0 bridgehead atoms. The van der Waals surface area contributed by atoms with E-state index in [-0.39, 0.29) is 54.7 Å². The van der Waals surface area contributed by atoms with Gasteiger partial charge in [-0.05, 0) is 17.3 Å². The number of benzene rings is 1. The molecule has 1 aliphatic heterocycles. The molecule has 8 heteroatoms. The summed E-state index contributed by atoms with van der Waals surface area (Å²) >= 11 is 0. The van der Waals surface area contributed by atoms with Gasteiger partial charge in [0.1, 0.15) is 16.0 Å². The molecule has 2 rings (SSSR count). The number of hydrogen-bond acceptors (Lipinski definition) is 3. The topological polar surface area (TPSA) is 93.6 Å². The molecule has 1 heterocycles. The van der Waals surface area contributed by atoms with E-state index in [2.05, 4.69) is 9.12 Å². The summed E-state index contributed by atoms with van der Waals surface area (Å²) in [5.74, 6) is 0.0920. The number of nitrogens with zero attached hydrogens (tertiary/aromatic N) is 2. The molecule has 0 fully saturated rings. The predicted molar refractivity (Wildman–Crippen MR) is 79.9 cm³/mol. The second-order valence-electron chi connectivity index (χ2n) is 5.48. The van der Waals surface area contributed by atoms with Crippen LogP contribution >= 0.6 is 0 Å². The van der Waals surface area contributed by atoms with E-state index in [1.807, 2.05) is 20.8 Å². The molecule has 104 valence electrons. The van der Waals surface area contributed by atoms with Crippen LogP contribution in [0.3, 0.4) is 0 Å². The number of nitrogens with one attached hydrogen (secondary N) is 1. The summed E-state index contributed by atoms with van der Waals surface area (Å²) in [5, 5.41) is 0. The van der Waals surface area contributed by atoms with Gasteiger partial charge in [0.2, 0.25) is 0 Å². The monoisotopic (exact) mass is 321 g/mol. The van der Waals surface area contributed by atoms with Crippen molar-refractivity contribution in [3.63, 3.8) is 0 Å². The van der Waals surface area contributed by atoms with Gasteiger partial charge in [-0.1, -0.05) is 32.9 Å². The van der Waals surface area contributed by atoms with Crippen molar-refractivity contribution in [3.8, 4) is 5.75 Å². The standard InChI is InChI=1S/C12H15N3O3S.Ca/c1-12(2,3)7-18-9-6-4-5-8-10(9)11(13)15-19(16,17)14-8;/h4-6H,7H2,1-3H3,(H-,13,15);/q-2;+2. The molecule has 0 atom stereocenters. The van der Waals surface area contributed by atoms with Crippen molar-refractivity contribution >= 4 is 59.5 Å². The number of fused-ring (bicyclic) bond motifs is 1. The molecule has 0 saturated carbocycles. The van der Waals surface area contributed by atoms with Gasteiger partial charge in [0.15, 0.2) is 0 Å². The van der Waals surface area contributed by atoms with Gasteiger partial charge in [0, 0.05) is 5.56 Å². The molecule has 0 spiro atoms. The number of rotatable bonds is 2. The zero-order valence-corrected chi connectivity index (χ0v) is 14.7. The minimum atomic E-state index is -3.94. The van der Waals surface area contributed by atoms with Crippen LogP contribution in [0.4, 0.5) is 5.69 Å². The minimum absolute atomic E-state index is 0. The SMILES string of the molecule is CC(C)(C)COc1cccc2c1C([NH-])=NS(=O)(=O)[N-]2.[Ca+2]. The van der Waals surface area contributed by atoms with Crippen LogP contribution in [-0.2, 0) is 10.2 Å². The Morgan fingerprint density at radius 3 is 2.60 bits per heavy atom. The Morgan fingerprint density at radius 2 is 2.00 bits per heavy atom. The van der Waals surface area contributed by atoms with E-state index in [4.69, 9.17) is 10.5 Å². The Bertz CT molecular complexity index is 636. The number of amidine groups is 1. The fourth-order valence-electron chi connectivity index (χ4n) is 1.55. The minimum Gasteiger partial charge on any atom is -0.575 e. The van der Waals surface area contributed by atoms with Crippen molar-refractivity contribution in [2.75, 3.05) is 6.61 Å². The first-order chi connectivity index (χ1) is 8.68. The fourth-order valence-corrected chi connectivity index (χ4v) is 2.32. The summed E-state index contributed by atoms with van der Waals surface area (Å²) in [7, 11) is -3.94. The van der Waals surface area contributed by atoms with Gasteiger partial charge >= 0.3 is 37.7 Å². The average Bonchev–Trinajstić information content (AvgIpc) is 2.22. The molecule has 1 N–H and O–H groups in total. The van der Waals surface area contributed by atoms with Crippen molar-refractivity contribution in [1.82, 2.24) is 0 Å². The zero-order valence-electron chi connectivity index (χ0n) is 11.7. The fraction of sp³-hybridized carbons (Fsp3) is 0.417. The molecule has 20 heavy (non-hydrogen) atoms. The predicted octanol–water partition coefficient (Wildman–Crippen LogP) is 2.79. The van der Waals surface area contributed by atoms with Gasteiger partial charge in [-0.2, -0.15) is 0 Å². The average molecular weight is 321 g/mol. The van der Waals surface area contributed by atoms with Crippen LogP contribution < -0.4 is 4.74 Å². The molecule has 0 aromatic heterocycles. The van der Waals surface area contributed by atoms with E-state index < -0.39 is 10.2 Å². The van der Waals surface area contributed by atoms with Crippen molar-refractivity contribution in [3.05, 3.63) is 34.2 Å². The molecule has 0 amide bonds. The molecular weight excluding hydrogens is 306 g/mol. The van der Waals surface area contributed by atoms with E-state index in [1.54, 1.807) is 12.1 Å². The van der Waals surface area contributed by atoms with Gasteiger partial charge in [0.05, 0.1) is 6.61 Å². The maximum absolute atomic E-state index is 11.3.